The summed E-state index contributed by atoms with van der Waals surface area (Å²) in [7, 11) is 0. The molecule has 1 aliphatic heterocycles. The summed E-state index contributed by atoms with van der Waals surface area (Å²) in [5, 5.41) is 23.0. The molecule has 0 unspecified atom stereocenters. The van der Waals surface area contributed by atoms with Crippen molar-refractivity contribution in [1.82, 2.24) is 14.8 Å². The van der Waals surface area contributed by atoms with Crippen LogP contribution in [0.5, 0.6) is 0 Å². The van der Waals surface area contributed by atoms with Gasteiger partial charge in [-0.25, -0.2) is 4.79 Å². The Balaban J connectivity index is 0.000000559. The number of carboxylic acids is 1. The smallest absolute Gasteiger partial charge is 0.475 e. The highest BCUT2D eigenvalue weighted by atomic mass is 19.4. The second-order valence-electron chi connectivity index (χ2n) is 9.50. The Morgan fingerprint density at radius 2 is 1.70 bits per heavy atom. The number of nitro benzene ring substituents is 1. The molecule has 14 heteroatoms. The number of hydrogen-bond acceptors (Lipinski definition) is 8. The maximum absolute atomic E-state index is 13.4. The number of non-ortho nitro benzene ring substituents is 1. The number of alkyl halides is 3. The Morgan fingerprint density at radius 3 is 2.25 bits per heavy atom. The summed E-state index contributed by atoms with van der Waals surface area (Å²) in [4.78, 5) is 41.5. The van der Waals surface area contributed by atoms with Gasteiger partial charge in [-0.15, -0.1) is 0 Å². The van der Waals surface area contributed by atoms with Crippen molar-refractivity contribution in [2.45, 2.75) is 25.9 Å². The minimum absolute atomic E-state index is 0.0939. The first kappa shape index (κ1) is 30.8. The molecule has 11 nitrogen and oxygen atoms in total. The molecule has 3 aromatic rings. The number of carboxylic acid groups (broad SMARTS) is 1. The van der Waals surface area contributed by atoms with E-state index in [9.17, 15) is 28.1 Å². The highest BCUT2D eigenvalue weighted by Crippen LogP contribution is 2.30. The first-order valence-electron chi connectivity index (χ1n) is 12.9. The molecule has 1 aromatic heterocycles. The quantitative estimate of drug-likeness (QED) is 0.132. The fourth-order valence-corrected chi connectivity index (χ4v) is 4.66. The number of nitrogens with one attached hydrogen (secondary N) is 2. The van der Waals surface area contributed by atoms with E-state index in [-0.39, 0.29) is 16.6 Å². The fourth-order valence-electron chi connectivity index (χ4n) is 4.66. The number of pyridine rings is 1. The number of aromatic amines is 1. The SMILES string of the molecule is Cc1cccc2[nH]c3c([N+](=O)[O-])ccc(NCCCN4CCN(CCCN)CC4)c3c(=O)c12.O=C(O)C(F)(F)F. The number of benzene rings is 2. The van der Waals surface area contributed by atoms with Crippen molar-refractivity contribution in [3.8, 4) is 0 Å². The molecule has 0 amide bonds. The second kappa shape index (κ2) is 13.5. The number of aliphatic carboxylic acids is 1. The zero-order chi connectivity index (χ0) is 29.4. The number of hydrogen-bond donors (Lipinski definition) is 4. The Hall–Kier alpha value is -3.75. The molecule has 0 spiro atoms. The molecular formula is C26H33F3N6O5. The van der Waals surface area contributed by atoms with Gasteiger partial charge in [0.15, 0.2) is 5.43 Å². The van der Waals surface area contributed by atoms with E-state index >= 15 is 0 Å². The summed E-state index contributed by atoms with van der Waals surface area (Å²) in [5.41, 5.74) is 7.68. The van der Waals surface area contributed by atoms with Gasteiger partial charge in [-0.05, 0) is 57.1 Å². The average Bonchev–Trinajstić information content (AvgIpc) is 2.90. The van der Waals surface area contributed by atoms with Crippen molar-refractivity contribution in [3.05, 3.63) is 56.2 Å². The largest absolute Gasteiger partial charge is 0.490 e. The lowest BCUT2D eigenvalue weighted by Gasteiger charge is -2.34. The molecule has 0 saturated carbocycles. The number of aryl methyl sites for hydroxylation is 1. The van der Waals surface area contributed by atoms with E-state index in [0.717, 1.165) is 64.2 Å². The zero-order valence-electron chi connectivity index (χ0n) is 22.1. The Bertz CT molecular complexity index is 1400. The molecule has 4 rings (SSSR count). The number of piperazine rings is 1. The van der Waals surface area contributed by atoms with Crippen molar-refractivity contribution in [2.75, 3.05) is 57.7 Å². The predicted molar refractivity (Wildman–Crippen MR) is 147 cm³/mol. The average molecular weight is 567 g/mol. The van der Waals surface area contributed by atoms with Gasteiger partial charge in [0.05, 0.1) is 15.8 Å². The van der Waals surface area contributed by atoms with E-state index in [0.29, 0.717) is 28.5 Å². The molecule has 1 fully saturated rings. The number of fused-ring (bicyclic) bond motifs is 2. The van der Waals surface area contributed by atoms with Crippen LogP contribution in [0.15, 0.2) is 35.1 Å². The van der Waals surface area contributed by atoms with Crippen LogP contribution in [0, 0.1) is 17.0 Å². The Kier molecular flexibility index (Phi) is 10.4. The van der Waals surface area contributed by atoms with Gasteiger partial charge in [-0.3, -0.25) is 14.9 Å². The number of anilines is 1. The molecule has 5 N–H and O–H groups in total. The van der Waals surface area contributed by atoms with Crippen LogP contribution in [0.1, 0.15) is 18.4 Å². The normalized spacial score (nSPS) is 14.6. The lowest BCUT2D eigenvalue weighted by atomic mass is 10.0. The summed E-state index contributed by atoms with van der Waals surface area (Å²) < 4.78 is 31.7. The first-order valence-corrected chi connectivity index (χ1v) is 12.9. The van der Waals surface area contributed by atoms with Gasteiger partial charge in [0.2, 0.25) is 0 Å². The van der Waals surface area contributed by atoms with Crippen molar-refractivity contribution in [2.24, 2.45) is 5.73 Å². The number of nitro groups is 1. The third-order valence-electron chi connectivity index (χ3n) is 6.72. The lowest BCUT2D eigenvalue weighted by molar-refractivity contribution is -0.383. The minimum atomic E-state index is -5.08. The minimum Gasteiger partial charge on any atom is -0.475 e. The van der Waals surface area contributed by atoms with Crippen molar-refractivity contribution in [1.29, 1.82) is 0 Å². The third kappa shape index (κ3) is 7.67. The lowest BCUT2D eigenvalue weighted by Crippen LogP contribution is -2.47. The van der Waals surface area contributed by atoms with Gasteiger partial charge in [-0.1, -0.05) is 12.1 Å². The third-order valence-corrected chi connectivity index (χ3v) is 6.72. The predicted octanol–water partition coefficient (Wildman–Crippen LogP) is 3.30. The van der Waals surface area contributed by atoms with Crippen LogP contribution < -0.4 is 16.5 Å². The van der Waals surface area contributed by atoms with Crippen LogP contribution in [0.4, 0.5) is 24.5 Å². The number of halogens is 3. The number of aromatic nitrogens is 1. The molecule has 2 aromatic carbocycles. The summed E-state index contributed by atoms with van der Waals surface area (Å²) in [5.74, 6) is -2.76. The van der Waals surface area contributed by atoms with Gasteiger partial charge in [-0.2, -0.15) is 13.2 Å². The molecule has 0 radical (unpaired) electrons. The summed E-state index contributed by atoms with van der Waals surface area (Å²) in [6, 6.07) is 8.61. The van der Waals surface area contributed by atoms with Gasteiger partial charge in [0.1, 0.15) is 5.52 Å². The molecule has 1 saturated heterocycles. The van der Waals surface area contributed by atoms with Crippen LogP contribution in [-0.4, -0.2) is 89.3 Å². The number of nitrogens with zero attached hydrogens (tertiary/aromatic N) is 3. The molecule has 0 aliphatic carbocycles. The van der Waals surface area contributed by atoms with Gasteiger partial charge >= 0.3 is 12.1 Å². The number of H-pyrrole nitrogens is 1. The van der Waals surface area contributed by atoms with E-state index in [1.54, 1.807) is 12.1 Å². The molecule has 0 atom stereocenters. The van der Waals surface area contributed by atoms with Crippen LogP contribution in [0.3, 0.4) is 0 Å². The number of nitrogens with two attached hydrogens (primary N) is 1. The molecule has 1 aliphatic rings. The first-order chi connectivity index (χ1) is 18.9. The molecule has 2 heterocycles. The van der Waals surface area contributed by atoms with Gasteiger partial charge in [0.25, 0.3) is 5.69 Å². The van der Waals surface area contributed by atoms with E-state index in [1.807, 2.05) is 19.1 Å². The standard InChI is InChI=1S/C24H32N6O3.C2HF3O2/c1-17-5-2-6-19-21(17)24(31)22-18(7-8-20(30(32)33)23(22)27-19)26-10-4-12-29-15-13-28(14-16-29)11-3-9-25;3-2(4,5)1(6)7/h2,5-8,26H,3-4,9-16,25H2,1H3,(H,27,31);(H,6,7). The second-order valence-corrected chi connectivity index (χ2v) is 9.50. The van der Waals surface area contributed by atoms with E-state index in [2.05, 4.69) is 20.1 Å². The van der Waals surface area contributed by atoms with Gasteiger partial charge < -0.3 is 30.9 Å². The maximum Gasteiger partial charge on any atom is 0.490 e. The monoisotopic (exact) mass is 566 g/mol. The number of rotatable bonds is 9. The van der Waals surface area contributed by atoms with Crippen LogP contribution in [-0.2, 0) is 4.79 Å². The summed E-state index contributed by atoms with van der Waals surface area (Å²) in [6.07, 6.45) is -3.12. The van der Waals surface area contributed by atoms with Crippen molar-refractivity contribution >= 4 is 39.1 Å². The van der Waals surface area contributed by atoms with E-state index < -0.39 is 17.1 Å². The van der Waals surface area contributed by atoms with Crippen LogP contribution in [0.2, 0.25) is 0 Å². The summed E-state index contributed by atoms with van der Waals surface area (Å²) >= 11 is 0. The van der Waals surface area contributed by atoms with Crippen LogP contribution >= 0.6 is 0 Å². The molecule has 40 heavy (non-hydrogen) atoms. The van der Waals surface area contributed by atoms with Crippen molar-refractivity contribution in [3.63, 3.8) is 0 Å². The van der Waals surface area contributed by atoms with E-state index in [4.69, 9.17) is 15.6 Å². The van der Waals surface area contributed by atoms with E-state index in [1.165, 1.54) is 6.07 Å². The zero-order valence-corrected chi connectivity index (χ0v) is 22.1. The Labute approximate surface area is 227 Å². The maximum atomic E-state index is 13.4. The topological polar surface area (TPSA) is 158 Å². The highest BCUT2D eigenvalue weighted by Gasteiger charge is 2.38. The Morgan fingerprint density at radius 1 is 1.10 bits per heavy atom. The van der Waals surface area contributed by atoms with Crippen molar-refractivity contribution < 1.29 is 28.0 Å². The molecular weight excluding hydrogens is 533 g/mol. The van der Waals surface area contributed by atoms with Crippen LogP contribution in [0.25, 0.3) is 21.8 Å². The van der Waals surface area contributed by atoms with Gasteiger partial charge in [0, 0.05) is 49.9 Å². The highest BCUT2D eigenvalue weighted by molar-refractivity contribution is 6.03. The fraction of sp³-hybridized carbons (Fsp3) is 0.462. The molecule has 0 bridgehead atoms. The number of carbonyl (C=O) groups is 1. The molecule has 218 valence electrons. The summed E-state index contributed by atoms with van der Waals surface area (Å²) in [6.45, 7) is 9.59.